The first-order valence-electron chi connectivity index (χ1n) is 9.21. The number of likely N-dealkylation sites (tertiary alicyclic amines) is 1. The molecular weight excluding hydrogens is 320 g/mol. The van der Waals surface area contributed by atoms with Crippen LogP contribution in [0.3, 0.4) is 0 Å². The summed E-state index contributed by atoms with van der Waals surface area (Å²) in [4.78, 5) is 2.22. The molecule has 1 aromatic carbocycles. The van der Waals surface area contributed by atoms with Gasteiger partial charge in [-0.15, -0.1) is 0 Å². The minimum absolute atomic E-state index is 0.0344. The molecule has 3 rings (SSSR count). The van der Waals surface area contributed by atoms with E-state index in [-0.39, 0.29) is 11.6 Å². The molecule has 1 heterocycles. The van der Waals surface area contributed by atoms with E-state index in [9.17, 15) is 5.11 Å². The van der Waals surface area contributed by atoms with E-state index in [1.165, 1.54) is 19.3 Å². The number of nitrogens with zero attached hydrogens (tertiary/aromatic N) is 1. The summed E-state index contributed by atoms with van der Waals surface area (Å²) in [6.07, 6.45) is 7.29. The molecular formula is C20H29ClN2O. The molecule has 2 fully saturated rings. The van der Waals surface area contributed by atoms with Gasteiger partial charge in [-0.2, -0.15) is 0 Å². The van der Waals surface area contributed by atoms with Gasteiger partial charge in [-0.05, 0) is 57.2 Å². The molecule has 4 heteroatoms. The Morgan fingerprint density at radius 1 is 1.25 bits per heavy atom. The predicted molar refractivity (Wildman–Crippen MR) is 99.7 cm³/mol. The summed E-state index contributed by atoms with van der Waals surface area (Å²) in [7, 11) is 0. The van der Waals surface area contributed by atoms with Gasteiger partial charge in [-0.25, -0.2) is 0 Å². The average molecular weight is 349 g/mol. The molecule has 0 bridgehead atoms. The van der Waals surface area contributed by atoms with Crippen molar-refractivity contribution in [2.45, 2.75) is 76.5 Å². The van der Waals surface area contributed by atoms with Gasteiger partial charge in [-0.1, -0.05) is 43.0 Å². The standard InChI is InChI=1S/C20H29ClN2O/c1-20(2)12-11-17(18(24)15-9-6-10-16(21)13-15)23(20)19(22)14-7-4-3-5-8-14/h6,9-10,13-14,17-18,22,24H,3-5,7-8,11-12H2,1-2H3. The van der Waals surface area contributed by atoms with Gasteiger partial charge in [-0.3, -0.25) is 5.41 Å². The molecule has 0 radical (unpaired) electrons. The molecule has 132 valence electrons. The van der Waals surface area contributed by atoms with Gasteiger partial charge in [0.2, 0.25) is 0 Å². The lowest BCUT2D eigenvalue weighted by Gasteiger charge is -2.43. The van der Waals surface area contributed by atoms with Crippen molar-refractivity contribution in [2.75, 3.05) is 0 Å². The van der Waals surface area contributed by atoms with E-state index in [1.807, 2.05) is 24.3 Å². The van der Waals surface area contributed by atoms with Gasteiger partial charge >= 0.3 is 0 Å². The highest BCUT2D eigenvalue weighted by atomic mass is 35.5. The van der Waals surface area contributed by atoms with Crippen molar-refractivity contribution >= 4 is 17.4 Å². The average Bonchev–Trinajstić information content (AvgIpc) is 2.89. The number of halogens is 1. The Morgan fingerprint density at radius 2 is 1.96 bits per heavy atom. The molecule has 2 N–H and O–H groups in total. The van der Waals surface area contributed by atoms with Crippen molar-refractivity contribution in [3.05, 3.63) is 34.9 Å². The number of rotatable bonds is 3. The van der Waals surface area contributed by atoms with Gasteiger partial charge < -0.3 is 10.0 Å². The molecule has 24 heavy (non-hydrogen) atoms. The smallest absolute Gasteiger partial charge is 0.0997 e. The Hall–Kier alpha value is -1.06. The van der Waals surface area contributed by atoms with Crippen LogP contribution in [-0.4, -0.2) is 27.4 Å². The third kappa shape index (κ3) is 3.48. The van der Waals surface area contributed by atoms with E-state index >= 15 is 0 Å². The van der Waals surface area contributed by atoms with Gasteiger partial charge in [0, 0.05) is 16.5 Å². The maximum atomic E-state index is 11.0. The Balaban J connectivity index is 1.84. The van der Waals surface area contributed by atoms with E-state index in [0.29, 0.717) is 10.9 Å². The maximum absolute atomic E-state index is 11.0. The number of hydrogen-bond donors (Lipinski definition) is 2. The number of amidine groups is 1. The lowest BCUT2D eigenvalue weighted by atomic mass is 9.86. The summed E-state index contributed by atoms with van der Waals surface area (Å²) in [6.45, 7) is 4.41. The third-order valence-corrected chi connectivity index (χ3v) is 6.08. The second-order valence-electron chi connectivity index (χ2n) is 8.01. The van der Waals surface area contributed by atoms with Gasteiger partial charge in [0.25, 0.3) is 0 Å². The van der Waals surface area contributed by atoms with Crippen LogP contribution in [0.15, 0.2) is 24.3 Å². The highest BCUT2D eigenvalue weighted by molar-refractivity contribution is 6.30. The molecule has 2 aliphatic rings. The summed E-state index contributed by atoms with van der Waals surface area (Å²) in [6, 6.07) is 7.47. The molecule has 2 atom stereocenters. The van der Waals surface area contributed by atoms with Crippen LogP contribution in [0.4, 0.5) is 0 Å². The SMILES string of the molecule is CC1(C)CCC(C(O)c2cccc(Cl)c2)N1C(=N)C1CCCCC1. The van der Waals surface area contributed by atoms with Crippen LogP contribution in [-0.2, 0) is 0 Å². The number of nitrogens with one attached hydrogen (secondary N) is 1. The van der Waals surface area contributed by atoms with E-state index in [2.05, 4.69) is 18.7 Å². The van der Waals surface area contributed by atoms with Crippen LogP contribution >= 0.6 is 11.6 Å². The first-order chi connectivity index (χ1) is 11.4. The molecule has 1 saturated heterocycles. The van der Waals surface area contributed by atoms with E-state index in [0.717, 1.165) is 37.1 Å². The molecule has 2 unspecified atom stereocenters. The molecule has 1 aliphatic heterocycles. The van der Waals surface area contributed by atoms with Gasteiger partial charge in [0.1, 0.15) is 0 Å². The van der Waals surface area contributed by atoms with Crippen LogP contribution in [0, 0.1) is 11.3 Å². The van der Waals surface area contributed by atoms with Crippen molar-refractivity contribution in [3.8, 4) is 0 Å². The first-order valence-corrected chi connectivity index (χ1v) is 9.59. The fourth-order valence-electron chi connectivity index (χ4n) is 4.49. The Labute approximate surface area is 150 Å². The molecule has 1 aromatic rings. The van der Waals surface area contributed by atoms with Crippen LogP contribution in [0.5, 0.6) is 0 Å². The number of aliphatic hydroxyl groups excluding tert-OH is 1. The fourth-order valence-corrected chi connectivity index (χ4v) is 4.69. The van der Waals surface area contributed by atoms with Crippen LogP contribution in [0.25, 0.3) is 0 Å². The maximum Gasteiger partial charge on any atom is 0.0997 e. The van der Waals surface area contributed by atoms with Crippen molar-refractivity contribution in [1.82, 2.24) is 4.90 Å². The second kappa shape index (κ2) is 7.05. The highest BCUT2D eigenvalue weighted by Gasteiger charge is 2.45. The first kappa shape index (κ1) is 17.8. The van der Waals surface area contributed by atoms with Gasteiger partial charge in [0.05, 0.1) is 18.0 Å². The van der Waals surface area contributed by atoms with Crippen LogP contribution in [0.1, 0.15) is 70.5 Å². The summed E-state index contributed by atoms with van der Waals surface area (Å²) in [5.41, 5.74) is 0.783. The van der Waals surface area contributed by atoms with Crippen molar-refractivity contribution in [3.63, 3.8) is 0 Å². The van der Waals surface area contributed by atoms with Crippen molar-refractivity contribution < 1.29 is 5.11 Å². The van der Waals surface area contributed by atoms with Crippen LogP contribution in [0.2, 0.25) is 5.02 Å². The van der Waals surface area contributed by atoms with Crippen molar-refractivity contribution in [2.24, 2.45) is 5.92 Å². The topological polar surface area (TPSA) is 47.3 Å². The zero-order valence-corrected chi connectivity index (χ0v) is 15.5. The summed E-state index contributed by atoms with van der Waals surface area (Å²) in [5, 5.41) is 20.5. The monoisotopic (exact) mass is 348 g/mol. The summed E-state index contributed by atoms with van der Waals surface area (Å²) < 4.78 is 0. The Morgan fingerprint density at radius 3 is 2.62 bits per heavy atom. The molecule has 3 nitrogen and oxygen atoms in total. The van der Waals surface area contributed by atoms with Gasteiger partial charge in [0.15, 0.2) is 0 Å². The van der Waals surface area contributed by atoms with E-state index in [1.54, 1.807) is 0 Å². The number of benzene rings is 1. The molecule has 0 aromatic heterocycles. The molecule has 1 saturated carbocycles. The Kier molecular flexibility index (Phi) is 5.22. The largest absolute Gasteiger partial charge is 0.386 e. The van der Waals surface area contributed by atoms with E-state index < -0.39 is 6.10 Å². The predicted octanol–water partition coefficient (Wildman–Crippen LogP) is 5.17. The lowest BCUT2D eigenvalue weighted by molar-refractivity contribution is 0.0738. The van der Waals surface area contributed by atoms with Crippen molar-refractivity contribution in [1.29, 1.82) is 5.41 Å². The normalized spacial score (nSPS) is 25.7. The fraction of sp³-hybridized carbons (Fsp3) is 0.650. The minimum Gasteiger partial charge on any atom is -0.386 e. The zero-order chi connectivity index (χ0) is 17.3. The van der Waals surface area contributed by atoms with Crippen LogP contribution < -0.4 is 0 Å². The Bertz CT molecular complexity index is 595. The number of aliphatic hydroxyl groups is 1. The lowest BCUT2D eigenvalue weighted by Crippen LogP contribution is -2.51. The quantitative estimate of drug-likeness (QED) is 0.584. The number of hydrogen-bond acceptors (Lipinski definition) is 2. The molecule has 1 aliphatic carbocycles. The summed E-state index contributed by atoms with van der Waals surface area (Å²) in [5.74, 6) is 1.09. The second-order valence-corrected chi connectivity index (χ2v) is 8.44. The van der Waals surface area contributed by atoms with E-state index in [4.69, 9.17) is 17.0 Å². The molecule has 0 amide bonds. The highest BCUT2D eigenvalue weighted by Crippen LogP contribution is 2.42. The summed E-state index contributed by atoms with van der Waals surface area (Å²) >= 11 is 6.11. The third-order valence-electron chi connectivity index (χ3n) is 5.84. The zero-order valence-electron chi connectivity index (χ0n) is 14.8. The minimum atomic E-state index is -0.602. The molecule has 0 spiro atoms.